The van der Waals surface area contributed by atoms with Crippen LogP contribution in [0.5, 0.6) is 0 Å². The van der Waals surface area contributed by atoms with E-state index in [1.54, 1.807) is 19.9 Å². The number of rotatable bonds is 9. The van der Waals surface area contributed by atoms with Crippen molar-refractivity contribution in [2.75, 3.05) is 11.9 Å². The Balaban J connectivity index is 1.76. The monoisotopic (exact) mass is 500 g/mol. The van der Waals surface area contributed by atoms with E-state index in [-0.39, 0.29) is 24.1 Å². The van der Waals surface area contributed by atoms with Gasteiger partial charge in [-0.05, 0) is 69.2 Å². The lowest BCUT2D eigenvalue weighted by Gasteiger charge is -2.26. The first-order valence-corrected chi connectivity index (χ1v) is 13.1. The van der Waals surface area contributed by atoms with E-state index in [0.29, 0.717) is 21.0 Å². The predicted octanol–water partition coefficient (Wildman–Crippen LogP) is 5.08. The molecule has 0 unspecified atom stereocenters. The number of nitrogens with zero attached hydrogens (tertiary/aromatic N) is 1. The lowest BCUT2D eigenvalue weighted by molar-refractivity contribution is 0.0531. The van der Waals surface area contributed by atoms with Gasteiger partial charge in [0.1, 0.15) is 4.88 Å². The summed E-state index contributed by atoms with van der Waals surface area (Å²) in [7, 11) is -3.76. The highest BCUT2D eigenvalue weighted by Gasteiger charge is 2.27. The summed E-state index contributed by atoms with van der Waals surface area (Å²) in [5.74, 6) is -0.823. The Kier molecular flexibility index (Phi) is 8.24. The van der Waals surface area contributed by atoms with Gasteiger partial charge >= 0.3 is 5.97 Å². The van der Waals surface area contributed by atoms with Gasteiger partial charge in [0.05, 0.1) is 16.5 Å². The van der Waals surface area contributed by atoms with Gasteiger partial charge in [-0.25, -0.2) is 13.2 Å². The van der Waals surface area contributed by atoms with Crippen LogP contribution in [0.1, 0.15) is 51.9 Å². The van der Waals surface area contributed by atoms with Crippen LogP contribution >= 0.6 is 11.3 Å². The molecule has 0 atom stereocenters. The Labute approximate surface area is 204 Å². The zero-order valence-corrected chi connectivity index (χ0v) is 21.2. The van der Waals surface area contributed by atoms with Crippen LogP contribution in [-0.2, 0) is 21.3 Å². The minimum Gasteiger partial charge on any atom is -0.462 e. The topological polar surface area (TPSA) is 92.8 Å². The smallest absolute Gasteiger partial charge is 0.348 e. The van der Waals surface area contributed by atoms with Crippen molar-refractivity contribution in [3.63, 3.8) is 0 Å². The molecule has 2 aromatic carbocycles. The number of esters is 1. The van der Waals surface area contributed by atoms with E-state index in [2.05, 4.69) is 5.32 Å². The maximum atomic E-state index is 13.3. The molecule has 9 heteroatoms. The van der Waals surface area contributed by atoms with Crippen molar-refractivity contribution in [2.24, 2.45) is 0 Å². The Morgan fingerprint density at radius 3 is 2.29 bits per heavy atom. The van der Waals surface area contributed by atoms with Gasteiger partial charge in [-0.15, -0.1) is 11.3 Å². The molecule has 0 saturated heterocycles. The Morgan fingerprint density at radius 2 is 1.71 bits per heavy atom. The SMILES string of the molecule is CCOC(=O)c1sc(NC(=O)c2ccc(S(=O)(=O)N(Cc3ccccc3)C(C)C)cc2)cc1C. The van der Waals surface area contributed by atoms with Gasteiger partial charge in [0.15, 0.2) is 0 Å². The van der Waals surface area contributed by atoms with E-state index in [1.165, 1.54) is 28.6 Å². The first-order valence-electron chi connectivity index (χ1n) is 10.9. The Hall–Kier alpha value is -3.01. The molecule has 0 aliphatic rings. The van der Waals surface area contributed by atoms with E-state index < -0.39 is 21.9 Å². The lowest BCUT2D eigenvalue weighted by atomic mass is 10.2. The van der Waals surface area contributed by atoms with Gasteiger partial charge in [-0.3, -0.25) is 4.79 Å². The van der Waals surface area contributed by atoms with Crippen molar-refractivity contribution in [2.45, 2.75) is 45.2 Å². The highest BCUT2D eigenvalue weighted by atomic mass is 32.2. The zero-order valence-electron chi connectivity index (χ0n) is 19.6. The molecule has 3 aromatic rings. The van der Waals surface area contributed by atoms with E-state index >= 15 is 0 Å². The number of ether oxygens (including phenoxy) is 1. The number of hydrogen-bond donors (Lipinski definition) is 1. The molecule has 7 nitrogen and oxygen atoms in total. The number of nitrogens with one attached hydrogen (secondary N) is 1. The van der Waals surface area contributed by atoms with Gasteiger partial charge in [-0.2, -0.15) is 4.31 Å². The molecule has 0 saturated carbocycles. The highest BCUT2D eigenvalue weighted by Crippen LogP contribution is 2.28. The number of carbonyl (C=O) groups excluding carboxylic acids is 2. The molecule has 0 radical (unpaired) electrons. The second kappa shape index (κ2) is 10.9. The number of aryl methyl sites for hydroxylation is 1. The quantitative estimate of drug-likeness (QED) is 0.414. The minimum absolute atomic E-state index is 0.116. The highest BCUT2D eigenvalue weighted by molar-refractivity contribution is 7.89. The van der Waals surface area contributed by atoms with Crippen LogP contribution in [0.3, 0.4) is 0 Å². The van der Waals surface area contributed by atoms with Crippen molar-refractivity contribution >= 4 is 38.2 Å². The normalized spacial score (nSPS) is 11.6. The largest absolute Gasteiger partial charge is 0.462 e. The number of anilines is 1. The second-order valence-electron chi connectivity index (χ2n) is 7.95. The van der Waals surface area contributed by atoms with E-state index in [1.807, 2.05) is 44.2 Å². The standard InChI is InChI=1S/C25H28N2O5S2/c1-5-32-25(29)23-18(4)15-22(33-23)26-24(28)20-11-13-21(14-12-20)34(30,31)27(17(2)3)16-19-9-7-6-8-10-19/h6-15,17H,5,16H2,1-4H3,(H,26,28). The summed E-state index contributed by atoms with van der Waals surface area (Å²) in [6.45, 7) is 7.69. The molecule has 1 heterocycles. The third kappa shape index (κ3) is 5.91. The molecule has 0 fully saturated rings. The number of amides is 1. The number of hydrogen-bond acceptors (Lipinski definition) is 6. The summed E-state index contributed by atoms with van der Waals surface area (Å²) in [6.07, 6.45) is 0. The maximum absolute atomic E-state index is 13.3. The van der Waals surface area contributed by atoms with Crippen molar-refractivity contribution in [3.05, 3.63) is 82.2 Å². The van der Waals surface area contributed by atoms with Crippen LogP contribution < -0.4 is 5.32 Å². The van der Waals surface area contributed by atoms with Gasteiger partial charge in [0.25, 0.3) is 5.91 Å². The maximum Gasteiger partial charge on any atom is 0.348 e. The second-order valence-corrected chi connectivity index (χ2v) is 10.9. The fourth-order valence-corrected chi connectivity index (χ4v) is 5.94. The van der Waals surface area contributed by atoms with E-state index in [4.69, 9.17) is 4.74 Å². The molecule has 1 amide bonds. The average molecular weight is 501 g/mol. The van der Waals surface area contributed by atoms with Crippen molar-refractivity contribution in [3.8, 4) is 0 Å². The number of thiophene rings is 1. The van der Waals surface area contributed by atoms with Crippen LogP contribution in [0.4, 0.5) is 5.00 Å². The molecule has 34 heavy (non-hydrogen) atoms. The van der Waals surface area contributed by atoms with Crippen LogP contribution in [0.15, 0.2) is 65.6 Å². The van der Waals surface area contributed by atoms with Crippen LogP contribution in [-0.4, -0.2) is 37.2 Å². The summed E-state index contributed by atoms with van der Waals surface area (Å²) < 4.78 is 33.0. The van der Waals surface area contributed by atoms with Gasteiger partial charge in [0.2, 0.25) is 10.0 Å². The van der Waals surface area contributed by atoms with Gasteiger partial charge in [0, 0.05) is 18.2 Å². The molecular weight excluding hydrogens is 472 g/mol. The summed E-state index contributed by atoms with van der Waals surface area (Å²) in [4.78, 5) is 25.2. The third-order valence-electron chi connectivity index (χ3n) is 5.10. The molecular formula is C25H28N2O5S2. The summed E-state index contributed by atoms with van der Waals surface area (Å²) in [6, 6.07) is 16.7. The van der Waals surface area contributed by atoms with Crippen molar-refractivity contribution < 1.29 is 22.7 Å². The summed E-state index contributed by atoms with van der Waals surface area (Å²) >= 11 is 1.14. The van der Waals surface area contributed by atoms with Crippen molar-refractivity contribution in [1.82, 2.24) is 4.31 Å². The lowest BCUT2D eigenvalue weighted by Crippen LogP contribution is -2.36. The third-order valence-corrected chi connectivity index (χ3v) is 8.26. The molecule has 1 N–H and O–H groups in total. The molecule has 1 aromatic heterocycles. The van der Waals surface area contributed by atoms with Crippen LogP contribution in [0.25, 0.3) is 0 Å². The Morgan fingerprint density at radius 1 is 1.06 bits per heavy atom. The predicted molar refractivity (Wildman–Crippen MR) is 134 cm³/mol. The van der Waals surface area contributed by atoms with Gasteiger partial charge < -0.3 is 10.1 Å². The molecule has 0 aliphatic heterocycles. The van der Waals surface area contributed by atoms with Crippen LogP contribution in [0.2, 0.25) is 0 Å². The van der Waals surface area contributed by atoms with Gasteiger partial charge in [-0.1, -0.05) is 30.3 Å². The summed E-state index contributed by atoms with van der Waals surface area (Å²) in [5, 5.41) is 3.27. The molecule has 0 aliphatic carbocycles. The number of sulfonamides is 1. The fourth-order valence-electron chi connectivity index (χ4n) is 3.35. The average Bonchev–Trinajstić information content (AvgIpc) is 3.18. The van der Waals surface area contributed by atoms with Crippen molar-refractivity contribution in [1.29, 1.82) is 0 Å². The molecule has 0 bridgehead atoms. The number of carbonyl (C=O) groups is 2. The molecule has 3 rings (SSSR count). The number of benzene rings is 2. The van der Waals surface area contributed by atoms with Crippen LogP contribution in [0, 0.1) is 6.92 Å². The molecule has 180 valence electrons. The first kappa shape index (κ1) is 25.6. The molecule has 0 spiro atoms. The zero-order chi connectivity index (χ0) is 24.9. The summed E-state index contributed by atoms with van der Waals surface area (Å²) in [5.41, 5.74) is 1.92. The Bertz CT molecular complexity index is 1250. The first-order chi connectivity index (χ1) is 16.1. The fraction of sp³-hybridized carbons (Fsp3) is 0.280. The van der Waals surface area contributed by atoms with E-state index in [0.717, 1.165) is 16.9 Å². The minimum atomic E-state index is -3.76. The van der Waals surface area contributed by atoms with E-state index in [9.17, 15) is 18.0 Å².